The highest BCUT2D eigenvalue weighted by Crippen LogP contribution is 2.36. The first-order valence-electron chi connectivity index (χ1n) is 11.1. The molecule has 0 aliphatic heterocycles. The molecule has 0 amide bonds. The van der Waals surface area contributed by atoms with Gasteiger partial charge in [0, 0.05) is 23.0 Å². The minimum absolute atomic E-state index is 0.125. The van der Waals surface area contributed by atoms with Crippen LogP contribution in [0.4, 0.5) is 13.2 Å². The lowest BCUT2D eigenvalue weighted by atomic mass is 9.99. The van der Waals surface area contributed by atoms with E-state index in [4.69, 9.17) is 22.3 Å². The highest BCUT2D eigenvalue weighted by molar-refractivity contribution is 7.80. The number of nitriles is 1. The van der Waals surface area contributed by atoms with Crippen LogP contribution >= 0.6 is 23.6 Å². The molecule has 1 unspecified atom stereocenters. The van der Waals surface area contributed by atoms with Gasteiger partial charge in [0.2, 0.25) is 0 Å². The molecule has 0 aliphatic rings. The fourth-order valence-electron chi connectivity index (χ4n) is 3.09. The zero-order valence-electron chi connectivity index (χ0n) is 20.5. The molecule has 0 fully saturated rings. The Bertz CT molecular complexity index is 1180. The number of nitrogens with zero attached hydrogens (tertiary/aromatic N) is 1. The molecule has 0 saturated heterocycles. The van der Waals surface area contributed by atoms with Gasteiger partial charge in [0.25, 0.3) is 0 Å². The number of rotatable bonds is 7. The number of nitrogens with one attached hydrogen (secondary N) is 2. The van der Waals surface area contributed by atoms with Crippen molar-refractivity contribution in [3.8, 4) is 16.5 Å². The Morgan fingerprint density at radius 2 is 1.89 bits per heavy atom. The Kier molecular flexibility index (Phi) is 14.0. The number of carbonyl (C=O) groups excluding carboxylic acids is 1. The number of thiocarbonyl (C=S) groups is 1. The van der Waals surface area contributed by atoms with Crippen molar-refractivity contribution in [3.05, 3.63) is 94.9 Å². The van der Waals surface area contributed by atoms with E-state index in [1.807, 2.05) is 55.7 Å². The van der Waals surface area contributed by atoms with Crippen LogP contribution in [0.15, 0.2) is 72.6 Å². The molecule has 0 bridgehead atoms. The standard InChI is InChI=1S/C22H21F3N2S2.C3H4O.C2H4N2/c1-14(27-21(28)19-7-4-3-6-15(19)13-26-2)16-10-17(20-8-5-9-29-20)12-18(11-16)22(23,24)25;1-2-3-4;3-1-2-4/h3-12,14,26H,13H2,1-2H3,(H,27,28);2-3H,1H2;1,3H2. The molecule has 1 aromatic heterocycles. The topological polar surface area (TPSA) is 90.9 Å². The van der Waals surface area contributed by atoms with Gasteiger partial charge in [0.05, 0.1) is 18.2 Å². The van der Waals surface area contributed by atoms with Crippen LogP contribution in [0.25, 0.3) is 10.4 Å². The van der Waals surface area contributed by atoms with Crippen LogP contribution in [0.1, 0.15) is 35.2 Å². The van der Waals surface area contributed by atoms with Crippen molar-refractivity contribution in [3.63, 3.8) is 0 Å². The van der Waals surface area contributed by atoms with E-state index >= 15 is 0 Å². The molecule has 0 radical (unpaired) electrons. The fourth-order valence-corrected chi connectivity index (χ4v) is 4.19. The number of hydrogen-bond acceptors (Lipinski definition) is 6. The second-order valence-corrected chi connectivity index (χ2v) is 8.79. The Balaban J connectivity index is 0.000000751. The molecule has 3 aromatic rings. The van der Waals surface area contributed by atoms with Gasteiger partial charge in [0.1, 0.15) is 11.3 Å². The van der Waals surface area contributed by atoms with Crippen molar-refractivity contribution < 1.29 is 18.0 Å². The third-order valence-corrected chi connectivity index (χ3v) is 6.01. The number of carbonyl (C=O) groups is 1. The largest absolute Gasteiger partial charge is 0.416 e. The van der Waals surface area contributed by atoms with E-state index in [0.29, 0.717) is 28.9 Å². The lowest BCUT2D eigenvalue weighted by Crippen LogP contribution is -2.27. The average Bonchev–Trinajstić information content (AvgIpc) is 3.44. The predicted molar refractivity (Wildman–Crippen MR) is 148 cm³/mol. The van der Waals surface area contributed by atoms with Crippen molar-refractivity contribution in [1.29, 1.82) is 5.26 Å². The molecule has 0 aliphatic carbocycles. The molecule has 1 heterocycles. The van der Waals surface area contributed by atoms with E-state index in [2.05, 4.69) is 22.9 Å². The molecule has 0 saturated carbocycles. The van der Waals surface area contributed by atoms with Gasteiger partial charge < -0.3 is 16.4 Å². The molecule has 10 heteroatoms. The van der Waals surface area contributed by atoms with Crippen LogP contribution in [0, 0.1) is 11.3 Å². The van der Waals surface area contributed by atoms with E-state index in [-0.39, 0.29) is 12.6 Å². The van der Waals surface area contributed by atoms with Gasteiger partial charge in [-0.05, 0) is 66.4 Å². The van der Waals surface area contributed by atoms with Crippen molar-refractivity contribution >= 4 is 34.8 Å². The first kappa shape index (κ1) is 31.7. The summed E-state index contributed by atoms with van der Waals surface area (Å²) < 4.78 is 40.4. The minimum Gasteiger partial charge on any atom is -0.369 e. The SMILES string of the molecule is C=CC=O.CNCc1ccccc1C(=S)NC(C)c1cc(-c2cccs2)cc(C(F)(F)F)c1.N#CCN. The second kappa shape index (κ2) is 16.4. The van der Waals surface area contributed by atoms with Gasteiger partial charge in [-0.25, -0.2) is 0 Å². The molecule has 4 N–H and O–H groups in total. The van der Waals surface area contributed by atoms with Crippen LogP contribution in [0.2, 0.25) is 0 Å². The van der Waals surface area contributed by atoms with Gasteiger partial charge in [-0.2, -0.15) is 18.4 Å². The summed E-state index contributed by atoms with van der Waals surface area (Å²) in [7, 11) is 1.85. The Morgan fingerprint density at radius 1 is 1.24 bits per heavy atom. The number of halogens is 3. The summed E-state index contributed by atoms with van der Waals surface area (Å²) in [6, 6.07) is 16.9. The monoisotopic (exact) mass is 546 g/mol. The highest BCUT2D eigenvalue weighted by atomic mass is 32.1. The van der Waals surface area contributed by atoms with Gasteiger partial charge in [-0.3, -0.25) is 4.79 Å². The zero-order chi connectivity index (χ0) is 27.8. The van der Waals surface area contributed by atoms with Gasteiger partial charge >= 0.3 is 6.18 Å². The zero-order valence-corrected chi connectivity index (χ0v) is 22.1. The van der Waals surface area contributed by atoms with E-state index < -0.39 is 11.7 Å². The van der Waals surface area contributed by atoms with Crippen molar-refractivity contribution in [2.45, 2.75) is 25.7 Å². The van der Waals surface area contributed by atoms with E-state index in [1.54, 1.807) is 12.1 Å². The van der Waals surface area contributed by atoms with E-state index in [1.165, 1.54) is 29.5 Å². The number of hydrogen-bond donors (Lipinski definition) is 3. The average molecular weight is 547 g/mol. The minimum atomic E-state index is -4.42. The third-order valence-electron chi connectivity index (χ3n) is 4.75. The highest BCUT2D eigenvalue weighted by Gasteiger charge is 2.32. The van der Waals surface area contributed by atoms with Crippen LogP contribution in [0.3, 0.4) is 0 Å². The van der Waals surface area contributed by atoms with Crippen molar-refractivity contribution in [2.75, 3.05) is 13.6 Å². The number of allylic oxidation sites excluding steroid dienone is 1. The van der Waals surface area contributed by atoms with E-state index in [0.717, 1.165) is 16.0 Å². The van der Waals surface area contributed by atoms with E-state index in [9.17, 15) is 13.2 Å². The van der Waals surface area contributed by atoms with Crippen LogP contribution in [0.5, 0.6) is 0 Å². The maximum absolute atomic E-state index is 13.5. The normalized spacial score (nSPS) is 10.9. The summed E-state index contributed by atoms with van der Waals surface area (Å²) in [6.07, 6.45) is -2.58. The molecule has 37 heavy (non-hydrogen) atoms. The predicted octanol–water partition coefficient (Wildman–Crippen LogP) is 6.02. The maximum atomic E-state index is 13.5. The van der Waals surface area contributed by atoms with Crippen LogP contribution < -0.4 is 16.4 Å². The summed E-state index contributed by atoms with van der Waals surface area (Å²) in [4.78, 5) is 10.4. The molecule has 0 spiro atoms. The van der Waals surface area contributed by atoms with Crippen molar-refractivity contribution in [1.82, 2.24) is 10.6 Å². The fraction of sp³-hybridized carbons (Fsp3) is 0.222. The second-order valence-electron chi connectivity index (χ2n) is 7.44. The molecule has 5 nitrogen and oxygen atoms in total. The van der Waals surface area contributed by atoms with Gasteiger partial charge in [-0.15, -0.1) is 11.3 Å². The molecule has 1 atom stereocenters. The first-order chi connectivity index (χ1) is 17.6. The molecule has 3 rings (SSSR count). The molecule has 2 aromatic carbocycles. The van der Waals surface area contributed by atoms with Crippen molar-refractivity contribution in [2.24, 2.45) is 5.73 Å². The molecular formula is C27H29F3N4OS2. The summed E-state index contributed by atoms with van der Waals surface area (Å²) in [5, 5.41) is 15.7. The Labute approximate surface area is 224 Å². The molecular weight excluding hydrogens is 517 g/mol. The quantitative estimate of drug-likeness (QED) is 0.145. The Morgan fingerprint density at radius 3 is 2.41 bits per heavy atom. The summed E-state index contributed by atoms with van der Waals surface area (Å²) in [6.45, 7) is 5.71. The smallest absolute Gasteiger partial charge is 0.369 e. The third kappa shape index (κ3) is 10.7. The lowest BCUT2D eigenvalue weighted by Gasteiger charge is -2.20. The number of aldehydes is 1. The summed E-state index contributed by atoms with van der Waals surface area (Å²) in [5.74, 6) is 0. The Hall–Kier alpha value is -3.36. The summed E-state index contributed by atoms with van der Waals surface area (Å²) in [5.41, 5.74) is 7.00. The van der Waals surface area contributed by atoms with Crippen LogP contribution in [-0.4, -0.2) is 24.9 Å². The number of benzene rings is 2. The van der Waals surface area contributed by atoms with Gasteiger partial charge in [0.15, 0.2) is 0 Å². The lowest BCUT2D eigenvalue weighted by molar-refractivity contribution is -0.137. The maximum Gasteiger partial charge on any atom is 0.416 e. The first-order valence-corrected chi connectivity index (χ1v) is 12.3. The summed E-state index contributed by atoms with van der Waals surface area (Å²) >= 11 is 6.97. The van der Waals surface area contributed by atoms with Gasteiger partial charge in [-0.1, -0.05) is 49.1 Å². The number of nitrogens with two attached hydrogens (primary N) is 1. The number of thiophene rings is 1. The number of alkyl halides is 3. The molecule has 196 valence electrons. The van der Waals surface area contributed by atoms with Crippen LogP contribution in [-0.2, 0) is 17.5 Å².